The third kappa shape index (κ3) is 3.52. The second kappa shape index (κ2) is 7.12. The van der Waals surface area contributed by atoms with Crippen molar-refractivity contribution in [3.63, 3.8) is 0 Å². The first kappa shape index (κ1) is 16.5. The van der Waals surface area contributed by atoms with E-state index in [1.54, 1.807) is 12.1 Å². The van der Waals surface area contributed by atoms with Gasteiger partial charge < -0.3 is 10.2 Å². The van der Waals surface area contributed by atoms with Crippen LogP contribution in [0.5, 0.6) is 0 Å². The maximum atomic E-state index is 13.8. The molecule has 26 heavy (non-hydrogen) atoms. The standard InChI is InChI=1S/C21H21FN4/c1-15-24-20(23-13-17-7-4-5-9-19(17)22)12-21(25-15)26-11-10-16-6-2-3-8-18(16)14-26/h2-9,12H,10-11,13-14H2,1H3,(H,23,24,25). The molecule has 0 saturated heterocycles. The molecule has 0 fully saturated rings. The Kier molecular flexibility index (Phi) is 4.52. The van der Waals surface area contributed by atoms with Crippen LogP contribution in [0.15, 0.2) is 54.6 Å². The van der Waals surface area contributed by atoms with Crippen molar-refractivity contribution >= 4 is 11.6 Å². The molecule has 0 radical (unpaired) electrons. The van der Waals surface area contributed by atoms with Crippen molar-refractivity contribution in [3.05, 3.63) is 82.9 Å². The number of hydrogen-bond donors (Lipinski definition) is 1. The molecule has 2 heterocycles. The van der Waals surface area contributed by atoms with Gasteiger partial charge in [-0.25, -0.2) is 14.4 Å². The molecular formula is C21H21FN4. The first-order chi connectivity index (χ1) is 12.7. The minimum Gasteiger partial charge on any atom is -0.366 e. The summed E-state index contributed by atoms with van der Waals surface area (Å²) >= 11 is 0. The number of hydrogen-bond acceptors (Lipinski definition) is 4. The third-order valence-electron chi connectivity index (χ3n) is 4.70. The lowest BCUT2D eigenvalue weighted by molar-refractivity contribution is 0.613. The van der Waals surface area contributed by atoms with Gasteiger partial charge in [-0.2, -0.15) is 0 Å². The molecule has 4 nitrogen and oxygen atoms in total. The van der Waals surface area contributed by atoms with Gasteiger partial charge in [0.1, 0.15) is 23.3 Å². The van der Waals surface area contributed by atoms with Crippen LogP contribution in [0.25, 0.3) is 0 Å². The van der Waals surface area contributed by atoms with Crippen molar-refractivity contribution in [1.29, 1.82) is 0 Å². The van der Waals surface area contributed by atoms with E-state index < -0.39 is 0 Å². The van der Waals surface area contributed by atoms with Gasteiger partial charge in [-0.1, -0.05) is 42.5 Å². The fourth-order valence-corrected chi connectivity index (χ4v) is 3.32. The summed E-state index contributed by atoms with van der Waals surface area (Å²) in [6, 6.07) is 17.3. The van der Waals surface area contributed by atoms with Gasteiger partial charge in [-0.05, 0) is 30.5 Å². The van der Waals surface area contributed by atoms with E-state index in [1.165, 1.54) is 17.2 Å². The van der Waals surface area contributed by atoms with E-state index in [-0.39, 0.29) is 5.82 Å². The lowest BCUT2D eigenvalue weighted by Crippen LogP contribution is -2.31. The van der Waals surface area contributed by atoms with Crippen molar-refractivity contribution in [2.24, 2.45) is 0 Å². The molecule has 2 aromatic carbocycles. The minimum absolute atomic E-state index is 0.210. The third-order valence-corrected chi connectivity index (χ3v) is 4.70. The fraction of sp³-hybridized carbons (Fsp3) is 0.238. The Balaban J connectivity index is 1.52. The van der Waals surface area contributed by atoms with Crippen molar-refractivity contribution < 1.29 is 4.39 Å². The number of halogens is 1. The minimum atomic E-state index is -0.210. The average Bonchev–Trinajstić information content (AvgIpc) is 2.66. The monoisotopic (exact) mass is 348 g/mol. The van der Waals surface area contributed by atoms with Crippen LogP contribution < -0.4 is 10.2 Å². The summed E-state index contributed by atoms with van der Waals surface area (Å²) in [5.41, 5.74) is 3.38. The zero-order chi connectivity index (χ0) is 17.9. The number of nitrogens with zero attached hydrogens (tertiary/aromatic N) is 3. The number of aromatic nitrogens is 2. The van der Waals surface area contributed by atoms with E-state index in [4.69, 9.17) is 0 Å². The van der Waals surface area contributed by atoms with Gasteiger partial charge in [-0.3, -0.25) is 0 Å². The molecule has 0 aliphatic carbocycles. The molecule has 1 aliphatic heterocycles. The quantitative estimate of drug-likeness (QED) is 0.771. The molecule has 4 rings (SSSR count). The molecule has 0 atom stereocenters. The van der Waals surface area contributed by atoms with Crippen molar-refractivity contribution in [3.8, 4) is 0 Å². The topological polar surface area (TPSA) is 41.1 Å². The fourth-order valence-electron chi connectivity index (χ4n) is 3.32. The van der Waals surface area contributed by atoms with E-state index in [9.17, 15) is 4.39 Å². The first-order valence-corrected chi connectivity index (χ1v) is 8.84. The lowest BCUT2D eigenvalue weighted by Gasteiger charge is -2.30. The van der Waals surface area contributed by atoms with Crippen LogP contribution in [0, 0.1) is 12.7 Å². The molecule has 0 unspecified atom stereocenters. The van der Waals surface area contributed by atoms with Crippen LogP contribution in [-0.4, -0.2) is 16.5 Å². The van der Waals surface area contributed by atoms with Gasteiger partial charge in [0.2, 0.25) is 0 Å². The van der Waals surface area contributed by atoms with Crippen molar-refractivity contribution in [2.75, 3.05) is 16.8 Å². The molecule has 0 spiro atoms. The van der Waals surface area contributed by atoms with Gasteiger partial charge >= 0.3 is 0 Å². The second-order valence-corrected chi connectivity index (χ2v) is 6.54. The van der Waals surface area contributed by atoms with Crippen LogP contribution in [0.4, 0.5) is 16.0 Å². The van der Waals surface area contributed by atoms with Crippen LogP contribution in [0.1, 0.15) is 22.5 Å². The Labute approximate surface area is 152 Å². The summed E-state index contributed by atoms with van der Waals surface area (Å²) < 4.78 is 13.8. The Bertz CT molecular complexity index is 925. The predicted octanol–water partition coefficient (Wildman–Crippen LogP) is 4.10. The second-order valence-electron chi connectivity index (χ2n) is 6.54. The van der Waals surface area contributed by atoms with Crippen LogP contribution in [0.3, 0.4) is 0 Å². The molecule has 1 aromatic heterocycles. The molecule has 0 saturated carbocycles. The normalized spacial score (nSPS) is 13.4. The molecule has 0 amide bonds. The summed E-state index contributed by atoms with van der Waals surface area (Å²) in [7, 11) is 0. The highest BCUT2D eigenvalue weighted by molar-refractivity contribution is 5.51. The van der Waals surface area contributed by atoms with E-state index in [0.29, 0.717) is 17.9 Å². The first-order valence-electron chi connectivity index (χ1n) is 8.84. The largest absolute Gasteiger partial charge is 0.366 e. The number of anilines is 2. The van der Waals surface area contributed by atoms with Crippen LogP contribution in [0.2, 0.25) is 0 Å². The Hall–Kier alpha value is -2.95. The molecule has 0 bridgehead atoms. The van der Waals surface area contributed by atoms with Gasteiger partial charge in [0, 0.05) is 31.3 Å². The van der Waals surface area contributed by atoms with Crippen LogP contribution >= 0.6 is 0 Å². The molecule has 3 aromatic rings. The average molecular weight is 348 g/mol. The van der Waals surface area contributed by atoms with E-state index in [0.717, 1.165) is 31.1 Å². The summed E-state index contributed by atoms with van der Waals surface area (Å²) in [6.45, 7) is 4.06. The highest BCUT2D eigenvalue weighted by Gasteiger charge is 2.18. The number of benzene rings is 2. The number of aryl methyl sites for hydroxylation is 1. The Morgan fingerprint density at radius 3 is 2.65 bits per heavy atom. The molecule has 132 valence electrons. The summed E-state index contributed by atoms with van der Waals surface area (Å²) in [6.07, 6.45) is 1.01. The molecule has 1 aliphatic rings. The van der Waals surface area contributed by atoms with E-state index in [1.807, 2.05) is 19.1 Å². The summed E-state index contributed by atoms with van der Waals surface area (Å²) in [5.74, 6) is 2.12. The number of nitrogens with one attached hydrogen (secondary N) is 1. The zero-order valence-corrected chi connectivity index (χ0v) is 14.7. The van der Waals surface area contributed by atoms with Crippen molar-refractivity contribution in [1.82, 2.24) is 9.97 Å². The van der Waals surface area contributed by atoms with Gasteiger partial charge in [0.15, 0.2) is 0 Å². The van der Waals surface area contributed by atoms with Crippen molar-refractivity contribution in [2.45, 2.75) is 26.4 Å². The summed E-state index contributed by atoms with van der Waals surface area (Å²) in [4.78, 5) is 11.3. The van der Waals surface area contributed by atoms with Gasteiger partial charge in [0.25, 0.3) is 0 Å². The number of fused-ring (bicyclic) bond motifs is 1. The smallest absolute Gasteiger partial charge is 0.134 e. The highest BCUT2D eigenvalue weighted by atomic mass is 19.1. The van der Waals surface area contributed by atoms with E-state index in [2.05, 4.69) is 44.5 Å². The maximum absolute atomic E-state index is 13.8. The SMILES string of the molecule is Cc1nc(NCc2ccccc2F)cc(N2CCc3ccccc3C2)n1. The van der Waals surface area contributed by atoms with Gasteiger partial charge in [-0.15, -0.1) is 0 Å². The maximum Gasteiger partial charge on any atom is 0.134 e. The van der Waals surface area contributed by atoms with E-state index >= 15 is 0 Å². The summed E-state index contributed by atoms with van der Waals surface area (Å²) in [5, 5.41) is 3.22. The van der Waals surface area contributed by atoms with Gasteiger partial charge in [0.05, 0.1) is 0 Å². The number of rotatable bonds is 4. The predicted molar refractivity (Wildman–Crippen MR) is 102 cm³/mol. The lowest BCUT2D eigenvalue weighted by atomic mass is 10.00. The Morgan fingerprint density at radius 1 is 1.04 bits per heavy atom. The Morgan fingerprint density at radius 2 is 1.81 bits per heavy atom. The highest BCUT2D eigenvalue weighted by Crippen LogP contribution is 2.24. The van der Waals surface area contributed by atoms with Crippen LogP contribution in [-0.2, 0) is 19.5 Å². The molecule has 5 heteroatoms. The molecular weight excluding hydrogens is 327 g/mol. The molecule has 1 N–H and O–H groups in total. The zero-order valence-electron chi connectivity index (χ0n) is 14.7.